The molecule has 84 valence electrons. The Bertz CT molecular complexity index is 326. The van der Waals surface area contributed by atoms with Gasteiger partial charge in [0, 0.05) is 0 Å². The number of hydrogen-bond donors (Lipinski definition) is 1. The Hall–Kier alpha value is -0.890. The van der Waals surface area contributed by atoms with Crippen molar-refractivity contribution < 1.29 is 9.50 Å². The van der Waals surface area contributed by atoms with Gasteiger partial charge in [-0.2, -0.15) is 0 Å². The average Bonchev–Trinajstić information content (AvgIpc) is 2.09. The lowest BCUT2D eigenvalue weighted by molar-refractivity contribution is 0.0689. The third-order valence-electron chi connectivity index (χ3n) is 2.48. The summed E-state index contributed by atoms with van der Waals surface area (Å²) in [5, 5.41) is 9.53. The van der Waals surface area contributed by atoms with Crippen LogP contribution < -0.4 is 0 Å². The Morgan fingerprint density at radius 1 is 1.33 bits per heavy atom. The zero-order valence-electron chi connectivity index (χ0n) is 9.68. The molecule has 0 aliphatic rings. The highest BCUT2D eigenvalue weighted by atomic mass is 19.1. The third-order valence-corrected chi connectivity index (χ3v) is 2.48. The highest BCUT2D eigenvalue weighted by Crippen LogP contribution is 2.15. The Kier molecular flexibility index (Phi) is 3.86. The highest BCUT2D eigenvalue weighted by molar-refractivity contribution is 5.23. The van der Waals surface area contributed by atoms with Crippen molar-refractivity contribution in [1.29, 1.82) is 0 Å². The summed E-state index contributed by atoms with van der Waals surface area (Å²) in [5.74, 6) is -0.152. The second-order valence-electron chi connectivity index (χ2n) is 4.75. The second-order valence-corrected chi connectivity index (χ2v) is 4.75. The van der Waals surface area contributed by atoms with E-state index in [4.69, 9.17) is 0 Å². The fraction of sp³-hybridized carbons (Fsp3) is 0.538. The van der Waals surface area contributed by atoms with Crippen molar-refractivity contribution in [2.24, 2.45) is 0 Å². The van der Waals surface area contributed by atoms with Gasteiger partial charge in [-0.05, 0) is 57.2 Å². The van der Waals surface area contributed by atoms with Gasteiger partial charge in [-0.3, -0.25) is 0 Å². The van der Waals surface area contributed by atoms with Gasteiger partial charge in [0.15, 0.2) is 0 Å². The van der Waals surface area contributed by atoms with Crippen LogP contribution in [0.15, 0.2) is 18.2 Å². The van der Waals surface area contributed by atoms with Gasteiger partial charge in [0.05, 0.1) is 5.60 Å². The number of halogens is 1. The molecular weight excluding hydrogens is 191 g/mol. The van der Waals surface area contributed by atoms with Gasteiger partial charge in [-0.15, -0.1) is 0 Å². The van der Waals surface area contributed by atoms with Gasteiger partial charge in [0.2, 0.25) is 0 Å². The molecule has 1 aromatic carbocycles. The van der Waals surface area contributed by atoms with E-state index in [1.165, 1.54) is 6.07 Å². The SMILES string of the molecule is Cc1cc(CCCC(C)(C)O)ccc1F. The molecule has 0 heterocycles. The molecule has 1 nitrogen and oxygen atoms in total. The normalized spacial score (nSPS) is 11.8. The standard InChI is InChI=1S/C13H19FO/c1-10-9-11(6-7-12(10)14)5-4-8-13(2,3)15/h6-7,9,15H,4-5,8H2,1-3H3. The Labute approximate surface area is 90.9 Å². The van der Waals surface area contributed by atoms with E-state index in [9.17, 15) is 9.50 Å². The van der Waals surface area contributed by atoms with Gasteiger partial charge in [0.25, 0.3) is 0 Å². The lowest BCUT2D eigenvalue weighted by Crippen LogP contribution is -2.18. The summed E-state index contributed by atoms with van der Waals surface area (Å²) in [4.78, 5) is 0. The first-order chi connectivity index (χ1) is 6.88. The molecule has 2 heteroatoms. The molecular formula is C13H19FO. The van der Waals surface area contributed by atoms with E-state index >= 15 is 0 Å². The van der Waals surface area contributed by atoms with Crippen molar-refractivity contribution in [3.63, 3.8) is 0 Å². The van der Waals surface area contributed by atoms with Gasteiger partial charge in [0.1, 0.15) is 5.82 Å². The highest BCUT2D eigenvalue weighted by Gasteiger charge is 2.11. The van der Waals surface area contributed by atoms with E-state index < -0.39 is 5.60 Å². The fourth-order valence-electron chi connectivity index (χ4n) is 1.59. The van der Waals surface area contributed by atoms with Crippen LogP contribution >= 0.6 is 0 Å². The minimum absolute atomic E-state index is 0.152. The summed E-state index contributed by atoms with van der Waals surface area (Å²) in [6, 6.07) is 5.20. The van der Waals surface area contributed by atoms with Gasteiger partial charge >= 0.3 is 0 Å². The topological polar surface area (TPSA) is 20.2 Å². The Morgan fingerprint density at radius 2 is 2.00 bits per heavy atom. The van der Waals surface area contributed by atoms with Crippen LogP contribution in [-0.2, 0) is 6.42 Å². The lowest BCUT2D eigenvalue weighted by atomic mass is 9.98. The molecule has 1 rings (SSSR count). The zero-order chi connectivity index (χ0) is 11.5. The van der Waals surface area contributed by atoms with E-state index in [1.807, 2.05) is 26.0 Å². The van der Waals surface area contributed by atoms with Crippen LogP contribution in [-0.4, -0.2) is 10.7 Å². The van der Waals surface area contributed by atoms with Crippen molar-refractivity contribution in [3.8, 4) is 0 Å². The number of benzene rings is 1. The first-order valence-electron chi connectivity index (χ1n) is 5.36. The molecule has 1 N–H and O–H groups in total. The molecule has 0 amide bonds. The molecule has 0 saturated carbocycles. The Morgan fingerprint density at radius 3 is 2.53 bits per heavy atom. The van der Waals surface area contributed by atoms with Crippen molar-refractivity contribution in [3.05, 3.63) is 35.1 Å². The molecule has 0 radical (unpaired) electrons. The average molecular weight is 210 g/mol. The first kappa shape index (κ1) is 12.2. The summed E-state index contributed by atoms with van der Waals surface area (Å²) in [7, 11) is 0. The predicted octanol–water partition coefficient (Wildman–Crippen LogP) is 3.23. The smallest absolute Gasteiger partial charge is 0.126 e. The quantitative estimate of drug-likeness (QED) is 0.809. The molecule has 0 atom stereocenters. The van der Waals surface area contributed by atoms with Crippen LogP contribution in [0.3, 0.4) is 0 Å². The zero-order valence-corrected chi connectivity index (χ0v) is 9.68. The van der Waals surface area contributed by atoms with Gasteiger partial charge in [-0.1, -0.05) is 12.1 Å². The maximum absolute atomic E-state index is 13.0. The molecule has 0 aliphatic heterocycles. The summed E-state index contributed by atoms with van der Waals surface area (Å²) >= 11 is 0. The molecule has 0 unspecified atom stereocenters. The van der Waals surface area contributed by atoms with Crippen molar-refractivity contribution >= 4 is 0 Å². The largest absolute Gasteiger partial charge is 0.390 e. The Balaban J connectivity index is 2.48. The van der Waals surface area contributed by atoms with E-state index in [0.717, 1.165) is 24.8 Å². The van der Waals surface area contributed by atoms with E-state index in [1.54, 1.807) is 6.92 Å². The van der Waals surface area contributed by atoms with Gasteiger partial charge < -0.3 is 5.11 Å². The number of rotatable bonds is 4. The monoisotopic (exact) mass is 210 g/mol. The van der Waals surface area contributed by atoms with Crippen LogP contribution in [0, 0.1) is 12.7 Å². The van der Waals surface area contributed by atoms with Crippen LogP contribution in [0.5, 0.6) is 0 Å². The summed E-state index contributed by atoms with van der Waals surface area (Å²) in [5.41, 5.74) is 1.23. The van der Waals surface area contributed by atoms with Crippen molar-refractivity contribution in [1.82, 2.24) is 0 Å². The number of aliphatic hydroxyl groups is 1. The maximum Gasteiger partial charge on any atom is 0.126 e. The molecule has 0 aromatic heterocycles. The summed E-state index contributed by atoms with van der Waals surface area (Å²) < 4.78 is 13.0. The molecule has 1 aromatic rings. The minimum atomic E-state index is -0.602. The van der Waals surface area contributed by atoms with E-state index in [2.05, 4.69) is 0 Å². The van der Waals surface area contributed by atoms with E-state index in [0.29, 0.717) is 5.56 Å². The van der Waals surface area contributed by atoms with Gasteiger partial charge in [-0.25, -0.2) is 4.39 Å². The predicted molar refractivity (Wildman–Crippen MR) is 60.4 cm³/mol. The van der Waals surface area contributed by atoms with Crippen LogP contribution in [0.2, 0.25) is 0 Å². The number of aryl methyl sites for hydroxylation is 2. The molecule has 0 aliphatic carbocycles. The van der Waals surface area contributed by atoms with Crippen LogP contribution in [0.25, 0.3) is 0 Å². The van der Waals surface area contributed by atoms with Crippen LogP contribution in [0.4, 0.5) is 4.39 Å². The third kappa shape index (κ3) is 4.43. The maximum atomic E-state index is 13.0. The second kappa shape index (κ2) is 4.75. The fourth-order valence-corrected chi connectivity index (χ4v) is 1.59. The molecule has 0 fully saturated rings. The molecule has 0 saturated heterocycles. The van der Waals surface area contributed by atoms with Crippen LogP contribution in [0.1, 0.15) is 37.8 Å². The molecule has 0 spiro atoms. The summed E-state index contributed by atoms with van der Waals surface area (Å²) in [6.07, 6.45) is 2.59. The minimum Gasteiger partial charge on any atom is -0.390 e. The molecule has 0 bridgehead atoms. The van der Waals surface area contributed by atoms with E-state index in [-0.39, 0.29) is 5.82 Å². The molecule has 15 heavy (non-hydrogen) atoms. The first-order valence-corrected chi connectivity index (χ1v) is 5.36. The summed E-state index contributed by atoms with van der Waals surface area (Å²) in [6.45, 7) is 5.39. The number of hydrogen-bond acceptors (Lipinski definition) is 1. The van der Waals surface area contributed by atoms with Crippen molar-refractivity contribution in [2.45, 2.75) is 45.6 Å². The lowest BCUT2D eigenvalue weighted by Gasteiger charge is -2.16. The van der Waals surface area contributed by atoms with Crippen molar-refractivity contribution in [2.75, 3.05) is 0 Å².